The van der Waals surface area contributed by atoms with Gasteiger partial charge in [-0.15, -0.1) is 0 Å². The molecule has 0 aromatic heterocycles. The Labute approximate surface area is 81.1 Å². The van der Waals surface area contributed by atoms with Gasteiger partial charge in [0.1, 0.15) is 5.75 Å². The van der Waals surface area contributed by atoms with Crippen molar-refractivity contribution in [2.75, 3.05) is 6.61 Å². The van der Waals surface area contributed by atoms with Crippen LogP contribution in [-0.4, -0.2) is 23.5 Å². The zero-order chi connectivity index (χ0) is 10.6. The fourth-order valence-electron chi connectivity index (χ4n) is 0.930. The van der Waals surface area contributed by atoms with Crippen molar-refractivity contribution in [1.82, 2.24) is 0 Å². The van der Waals surface area contributed by atoms with Crippen molar-refractivity contribution in [3.05, 3.63) is 29.8 Å². The Hall–Kier alpha value is -1.84. The van der Waals surface area contributed by atoms with Crippen molar-refractivity contribution in [2.45, 2.75) is 6.92 Å². The van der Waals surface area contributed by atoms with Crippen LogP contribution in [0.25, 0.3) is 0 Å². The summed E-state index contributed by atoms with van der Waals surface area (Å²) < 4.78 is 4.53. The molecule has 1 N–H and O–H groups in total. The zero-order valence-corrected chi connectivity index (χ0v) is 7.69. The summed E-state index contributed by atoms with van der Waals surface area (Å²) in [6.45, 7) is 0.939. The average molecular weight is 194 g/mol. The summed E-state index contributed by atoms with van der Waals surface area (Å²) in [5.41, 5.74) is 0.325. The molecule has 0 saturated carbocycles. The van der Waals surface area contributed by atoms with Crippen molar-refractivity contribution in [3.8, 4) is 5.75 Å². The van der Waals surface area contributed by atoms with E-state index in [-0.39, 0.29) is 18.1 Å². The van der Waals surface area contributed by atoms with Gasteiger partial charge in [-0.1, -0.05) is 12.1 Å². The molecule has 0 fully saturated rings. The molecule has 0 aliphatic heterocycles. The first-order valence-corrected chi connectivity index (χ1v) is 4.05. The predicted octanol–water partition coefficient (Wildman–Crippen LogP) is 1.14. The zero-order valence-electron chi connectivity index (χ0n) is 7.69. The summed E-state index contributed by atoms with van der Waals surface area (Å²) in [7, 11) is 0. The first-order chi connectivity index (χ1) is 6.59. The Morgan fingerprint density at radius 1 is 1.43 bits per heavy atom. The van der Waals surface area contributed by atoms with E-state index >= 15 is 0 Å². The second-order valence-corrected chi connectivity index (χ2v) is 2.75. The fraction of sp³-hybridized carbons (Fsp3) is 0.200. The molecule has 74 valence electrons. The van der Waals surface area contributed by atoms with Crippen LogP contribution in [0.15, 0.2) is 24.3 Å². The first kappa shape index (κ1) is 10.2. The monoisotopic (exact) mass is 194 g/mol. The average Bonchev–Trinajstić information content (AvgIpc) is 2.14. The molecular weight excluding hydrogens is 184 g/mol. The van der Waals surface area contributed by atoms with Crippen LogP contribution in [0.2, 0.25) is 0 Å². The minimum Gasteiger partial charge on any atom is -0.508 e. The van der Waals surface area contributed by atoms with E-state index in [9.17, 15) is 9.59 Å². The molecule has 0 spiro atoms. The maximum Gasteiger partial charge on any atom is 0.303 e. The Morgan fingerprint density at radius 3 is 2.71 bits per heavy atom. The summed E-state index contributed by atoms with van der Waals surface area (Å²) in [6, 6.07) is 5.89. The number of hydrogen-bond donors (Lipinski definition) is 1. The van der Waals surface area contributed by atoms with Crippen molar-refractivity contribution in [3.63, 3.8) is 0 Å². The maximum absolute atomic E-state index is 11.3. The van der Waals surface area contributed by atoms with E-state index in [0.717, 1.165) is 0 Å². The lowest BCUT2D eigenvalue weighted by atomic mass is 10.1. The lowest BCUT2D eigenvalue weighted by molar-refractivity contribution is -0.139. The van der Waals surface area contributed by atoms with Gasteiger partial charge in [0.2, 0.25) is 0 Å². The minimum absolute atomic E-state index is 0.0127. The van der Waals surface area contributed by atoms with Gasteiger partial charge in [-0.3, -0.25) is 9.59 Å². The first-order valence-electron chi connectivity index (χ1n) is 4.05. The van der Waals surface area contributed by atoms with Gasteiger partial charge in [-0.25, -0.2) is 0 Å². The highest BCUT2D eigenvalue weighted by Gasteiger charge is 2.07. The van der Waals surface area contributed by atoms with E-state index in [1.165, 1.54) is 19.1 Å². The molecule has 4 nitrogen and oxygen atoms in total. The third-order valence-electron chi connectivity index (χ3n) is 1.57. The number of ether oxygens (including phenoxy) is 1. The molecule has 0 aliphatic carbocycles. The van der Waals surface area contributed by atoms with Crippen LogP contribution in [0.3, 0.4) is 0 Å². The number of phenolic OH excluding ortho intramolecular Hbond substituents is 1. The second kappa shape index (κ2) is 4.41. The van der Waals surface area contributed by atoms with Crippen LogP contribution < -0.4 is 0 Å². The van der Waals surface area contributed by atoms with Crippen molar-refractivity contribution in [1.29, 1.82) is 0 Å². The Bertz CT molecular complexity index is 357. The highest BCUT2D eigenvalue weighted by Crippen LogP contribution is 2.11. The van der Waals surface area contributed by atoms with Gasteiger partial charge in [0.05, 0.1) is 0 Å². The Balaban J connectivity index is 2.65. The minimum atomic E-state index is -0.501. The smallest absolute Gasteiger partial charge is 0.303 e. The van der Waals surface area contributed by atoms with E-state index in [0.29, 0.717) is 5.56 Å². The molecule has 0 heterocycles. The predicted molar refractivity (Wildman–Crippen MR) is 49.1 cm³/mol. The van der Waals surface area contributed by atoms with Crippen molar-refractivity contribution in [2.24, 2.45) is 0 Å². The van der Waals surface area contributed by atoms with Crippen molar-refractivity contribution < 1.29 is 19.4 Å². The number of esters is 1. The quantitative estimate of drug-likeness (QED) is 0.578. The Kier molecular flexibility index (Phi) is 3.23. The molecule has 4 heteroatoms. The van der Waals surface area contributed by atoms with Crippen LogP contribution in [0.1, 0.15) is 17.3 Å². The summed E-state index contributed by atoms with van der Waals surface area (Å²) in [5, 5.41) is 9.08. The highest BCUT2D eigenvalue weighted by molar-refractivity contribution is 5.98. The van der Waals surface area contributed by atoms with Gasteiger partial charge < -0.3 is 9.84 Å². The van der Waals surface area contributed by atoms with Gasteiger partial charge in [0, 0.05) is 12.5 Å². The molecule has 0 amide bonds. The number of phenols is 1. The molecule has 0 bridgehead atoms. The van der Waals surface area contributed by atoms with Gasteiger partial charge in [0.25, 0.3) is 0 Å². The standard InChI is InChI=1S/C10H10O4/c1-7(11)14-6-10(13)8-3-2-4-9(12)5-8/h2-5,12H,6H2,1H3. The van der Waals surface area contributed by atoms with Crippen LogP contribution in [0.4, 0.5) is 0 Å². The van der Waals surface area contributed by atoms with E-state index in [1.807, 2.05) is 0 Å². The molecule has 0 radical (unpaired) electrons. The van der Waals surface area contributed by atoms with Crippen LogP contribution in [0.5, 0.6) is 5.75 Å². The van der Waals surface area contributed by atoms with Crippen LogP contribution >= 0.6 is 0 Å². The van der Waals surface area contributed by atoms with Gasteiger partial charge >= 0.3 is 5.97 Å². The number of carbonyl (C=O) groups is 2. The normalized spacial score (nSPS) is 9.50. The summed E-state index contributed by atoms with van der Waals surface area (Å²) in [6.07, 6.45) is 0. The number of carbonyl (C=O) groups excluding carboxylic acids is 2. The summed E-state index contributed by atoms with van der Waals surface area (Å²) in [5.74, 6) is -0.826. The van der Waals surface area contributed by atoms with Gasteiger partial charge in [-0.2, -0.15) is 0 Å². The molecule has 1 aromatic rings. The molecule has 1 aromatic carbocycles. The summed E-state index contributed by atoms with van der Waals surface area (Å²) >= 11 is 0. The van der Waals surface area contributed by atoms with E-state index in [1.54, 1.807) is 12.1 Å². The number of hydrogen-bond acceptors (Lipinski definition) is 4. The van der Waals surface area contributed by atoms with Crippen LogP contribution in [-0.2, 0) is 9.53 Å². The van der Waals surface area contributed by atoms with Crippen molar-refractivity contribution >= 4 is 11.8 Å². The van der Waals surface area contributed by atoms with Crippen LogP contribution in [0, 0.1) is 0 Å². The number of benzene rings is 1. The largest absolute Gasteiger partial charge is 0.508 e. The maximum atomic E-state index is 11.3. The number of ketones is 1. The lowest BCUT2D eigenvalue weighted by Gasteiger charge is -2.01. The molecule has 0 aliphatic rings. The lowest BCUT2D eigenvalue weighted by Crippen LogP contribution is -2.11. The molecule has 0 saturated heterocycles. The molecule has 1 rings (SSSR count). The number of Topliss-reactive ketones (excluding diaryl/α,β-unsaturated/α-hetero) is 1. The van der Waals surface area contributed by atoms with Gasteiger partial charge in [0.15, 0.2) is 12.4 Å². The third-order valence-corrected chi connectivity index (χ3v) is 1.57. The fourth-order valence-corrected chi connectivity index (χ4v) is 0.930. The molecule has 0 atom stereocenters. The van der Waals surface area contributed by atoms with E-state index in [4.69, 9.17) is 5.11 Å². The molecular formula is C10H10O4. The molecule has 0 unspecified atom stereocenters. The molecule has 14 heavy (non-hydrogen) atoms. The number of rotatable bonds is 3. The number of aromatic hydroxyl groups is 1. The van der Waals surface area contributed by atoms with Gasteiger partial charge in [-0.05, 0) is 12.1 Å². The SMILES string of the molecule is CC(=O)OCC(=O)c1cccc(O)c1. The highest BCUT2D eigenvalue weighted by atomic mass is 16.5. The summed E-state index contributed by atoms with van der Waals surface area (Å²) in [4.78, 5) is 21.7. The van der Waals surface area contributed by atoms with E-state index in [2.05, 4.69) is 4.74 Å². The van der Waals surface area contributed by atoms with E-state index < -0.39 is 5.97 Å². The second-order valence-electron chi connectivity index (χ2n) is 2.75. The third kappa shape index (κ3) is 2.90. The Morgan fingerprint density at radius 2 is 2.14 bits per heavy atom. The topological polar surface area (TPSA) is 63.6 Å².